The van der Waals surface area contributed by atoms with Crippen molar-refractivity contribution in [2.75, 3.05) is 0 Å². The molecule has 1 aromatic carbocycles. The van der Waals surface area contributed by atoms with Gasteiger partial charge in [0.1, 0.15) is 0 Å². The average Bonchev–Trinajstić information content (AvgIpc) is 2.47. The van der Waals surface area contributed by atoms with Gasteiger partial charge < -0.3 is 5.11 Å². The van der Waals surface area contributed by atoms with Gasteiger partial charge in [0.15, 0.2) is 0 Å². The predicted octanol–water partition coefficient (Wildman–Crippen LogP) is 2.08. The first-order valence-electron chi connectivity index (χ1n) is 3.62. The summed E-state index contributed by atoms with van der Waals surface area (Å²) in [5.41, 5.74) is 2.02. The van der Waals surface area contributed by atoms with Crippen LogP contribution in [-0.4, -0.2) is 16.0 Å². The SMILES string of the molecule is NS1(C(=O)O)C=Nc2ccccc21. The molecule has 4 nitrogen and oxygen atoms in total. The van der Waals surface area contributed by atoms with Gasteiger partial charge in [0, 0.05) is 4.90 Å². The maximum absolute atomic E-state index is 10.9. The van der Waals surface area contributed by atoms with Crippen LogP contribution in [0.4, 0.5) is 10.5 Å². The Kier molecular flexibility index (Phi) is 1.64. The molecule has 68 valence electrons. The van der Waals surface area contributed by atoms with Crippen molar-refractivity contribution >= 4 is 26.7 Å². The summed E-state index contributed by atoms with van der Waals surface area (Å²) >= 11 is 0. The van der Waals surface area contributed by atoms with Crippen LogP contribution in [0.5, 0.6) is 0 Å². The summed E-state index contributed by atoms with van der Waals surface area (Å²) in [6.45, 7) is 0. The molecule has 1 heterocycles. The van der Waals surface area contributed by atoms with Crippen molar-refractivity contribution < 1.29 is 9.90 Å². The number of carboxylic acid groups (broad SMARTS) is 1. The third-order valence-electron chi connectivity index (χ3n) is 1.88. The number of hydrogen-bond donors (Lipinski definition) is 2. The largest absolute Gasteiger partial charge is 0.473 e. The van der Waals surface area contributed by atoms with E-state index in [1.54, 1.807) is 18.2 Å². The molecule has 1 unspecified atom stereocenters. The van der Waals surface area contributed by atoms with E-state index in [1.165, 1.54) is 5.55 Å². The van der Waals surface area contributed by atoms with E-state index in [0.29, 0.717) is 10.6 Å². The molecule has 0 radical (unpaired) electrons. The standard InChI is InChI=1S/C8H8N2O2S/c9-13(8(11)12)5-10-6-3-1-2-4-7(6)13/h1-5H,9H2,(H,11,12). The third-order valence-corrected chi connectivity index (χ3v) is 3.96. The Balaban J connectivity index is 2.61. The first-order chi connectivity index (χ1) is 6.14. The van der Waals surface area contributed by atoms with Gasteiger partial charge in [0.2, 0.25) is 0 Å². The van der Waals surface area contributed by atoms with Crippen molar-refractivity contribution in [1.29, 1.82) is 0 Å². The summed E-state index contributed by atoms with van der Waals surface area (Å²) in [4.78, 5) is 15.5. The van der Waals surface area contributed by atoms with Gasteiger partial charge in [-0.15, -0.1) is 0 Å². The van der Waals surface area contributed by atoms with Gasteiger partial charge in [0.25, 0.3) is 0 Å². The van der Waals surface area contributed by atoms with Crippen LogP contribution >= 0.6 is 10.2 Å². The van der Waals surface area contributed by atoms with E-state index in [1.807, 2.05) is 6.07 Å². The Hall–Kier alpha value is -1.33. The maximum atomic E-state index is 10.9. The van der Waals surface area contributed by atoms with Gasteiger partial charge in [-0.1, -0.05) is 12.1 Å². The number of rotatable bonds is 0. The Morgan fingerprint density at radius 2 is 2.15 bits per heavy atom. The second kappa shape index (κ2) is 2.58. The topological polar surface area (TPSA) is 75.7 Å². The Labute approximate surface area is 76.5 Å². The van der Waals surface area contributed by atoms with Crippen LogP contribution in [0, 0.1) is 0 Å². The fourth-order valence-electron chi connectivity index (χ4n) is 1.19. The molecule has 3 N–H and O–H groups in total. The molecule has 1 atom stereocenters. The van der Waals surface area contributed by atoms with Crippen LogP contribution in [0.3, 0.4) is 0 Å². The van der Waals surface area contributed by atoms with Crippen LogP contribution in [0.25, 0.3) is 0 Å². The highest BCUT2D eigenvalue weighted by Gasteiger charge is 2.34. The molecule has 0 saturated carbocycles. The van der Waals surface area contributed by atoms with Crippen LogP contribution < -0.4 is 5.14 Å². The summed E-state index contributed by atoms with van der Waals surface area (Å²) in [6, 6.07) is 7.05. The minimum Gasteiger partial charge on any atom is -0.473 e. The lowest BCUT2D eigenvalue weighted by molar-refractivity contribution is 0.221. The molecule has 1 aromatic rings. The summed E-state index contributed by atoms with van der Waals surface area (Å²) in [5.74, 6) is 0. The van der Waals surface area contributed by atoms with Gasteiger partial charge in [-0.3, -0.25) is 5.14 Å². The molecule has 0 saturated heterocycles. The molecule has 0 aromatic heterocycles. The second-order valence-corrected chi connectivity index (χ2v) is 5.10. The fourth-order valence-corrected chi connectivity index (χ4v) is 2.63. The smallest absolute Gasteiger partial charge is 0.368 e. The molecular weight excluding hydrogens is 188 g/mol. The zero-order valence-electron chi connectivity index (χ0n) is 6.68. The Morgan fingerprint density at radius 1 is 1.46 bits per heavy atom. The Bertz CT molecular complexity index is 405. The van der Waals surface area contributed by atoms with Gasteiger partial charge >= 0.3 is 5.30 Å². The normalized spacial score (nSPS) is 29.3. The van der Waals surface area contributed by atoms with E-state index < -0.39 is 15.5 Å². The first-order valence-corrected chi connectivity index (χ1v) is 5.38. The zero-order chi connectivity index (χ0) is 9.47. The number of benzene rings is 1. The summed E-state index contributed by atoms with van der Waals surface area (Å²) < 4.78 is 0. The minimum absolute atomic E-state index is 0.627. The molecule has 5 heteroatoms. The minimum atomic E-state index is -2.35. The number of nitrogens with two attached hydrogens (primary N) is 1. The van der Waals surface area contributed by atoms with Gasteiger partial charge in [0.05, 0.1) is 11.2 Å². The van der Waals surface area contributed by atoms with Crippen molar-refractivity contribution in [1.82, 2.24) is 0 Å². The van der Waals surface area contributed by atoms with Crippen molar-refractivity contribution in [3.63, 3.8) is 0 Å². The molecule has 1 aliphatic rings. The van der Waals surface area contributed by atoms with E-state index in [-0.39, 0.29) is 0 Å². The quantitative estimate of drug-likeness (QED) is 0.667. The summed E-state index contributed by atoms with van der Waals surface area (Å²) in [5, 5.41) is 13.7. The van der Waals surface area contributed by atoms with Crippen LogP contribution in [-0.2, 0) is 0 Å². The number of aliphatic imine (C=N–C) groups is 1. The van der Waals surface area contributed by atoms with Gasteiger partial charge in [-0.05, 0) is 22.3 Å². The maximum Gasteiger partial charge on any atom is 0.368 e. The van der Waals surface area contributed by atoms with Crippen molar-refractivity contribution in [3.8, 4) is 0 Å². The van der Waals surface area contributed by atoms with E-state index in [9.17, 15) is 4.79 Å². The van der Waals surface area contributed by atoms with E-state index >= 15 is 0 Å². The average molecular weight is 196 g/mol. The van der Waals surface area contributed by atoms with Gasteiger partial charge in [-0.25, -0.2) is 9.79 Å². The molecule has 0 amide bonds. The molecule has 0 aliphatic carbocycles. The molecule has 0 spiro atoms. The lowest BCUT2D eigenvalue weighted by Gasteiger charge is -2.21. The van der Waals surface area contributed by atoms with Crippen LogP contribution in [0.1, 0.15) is 0 Å². The second-order valence-electron chi connectivity index (χ2n) is 2.68. The molecule has 1 aliphatic heterocycles. The Morgan fingerprint density at radius 3 is 2.85 bits per heavy atom. The molecule has 13 heavy (non-hydrogen) atoms. The number of nitrogens with zero attached hydrogens (tertiary/aromatic N) is 1. The lowest BCUT2D eigenvalue weighted by atomic mass is 10.3. The molecule has 0 bridgehead atoms. The molecule has 2 rings (SSSR count). The monoisotopic (exact) mass is 196 g/mol. The van der Waals surface area contributed by atoms with E-state index in [2.05, 4.69) is 4.99 Å². The van der Waals surface area contributed by atoms with Crippen LogP contribution in [0.2, 0.25) is 0 Å². The fraction of sp³-hybridized carbons (Fsp3) is 0. The van der Waals surface area contributed by atoms with Crippen molar-refractivity contribution in [3.05, 3.63) is 24.3 Å². The van der Waals surface area contributed by atoms with Crippen LogP contribution in [0.15, 0.2) is 34.2 Å². The highest BCUT2D eigenvalue weighted by atomic mass is 32.3. The van der Waals surface area contributed by atoms with E-state index in [0.717, 1.165) is 0 Å². The predicted molar refractivity (Wildman–Crippen MR) is 52.7 cm³/mol. The highest BCUT2D eigenvalue weighted by Crippen LogP contribution is 2.55. The summed E-state index contributed by atoms with van der Waals surface area (Å²) in [7, 11) is -2.35. The number of carbonyl (C=O) groups is 1. The number of fused-ring (bicyclic) bond motifs is 1. The number of para-hydroxylation sites is 1. The summed E-state index contributed by atoms with van der Waals surface area (Å²) in [6.07, 6.45) is 0. The lowest BCUT2D eigenvalue weighted by Crippen LogP contribution is -2.18. The highest BCUT2D eigenvalue weighted by molar-refractivity contribution is 8.53. The van der Waals surface area contributed by atoms with Crippen molar-refractivity contribution in [2.45, 2.75) is 4.90 Å². The molecular formula is C8H8N2O2S. The zero-order valence-corrected chi connectivity index (χ0v) is 7.49. The number of hydrogen-bond acceptors (Lipinski definition) is 3. The molecule has 0 fully saturated rings. The van der Waals surface area contributed by atoms with Crippen molar-refractivity contribution in [2.24, 2.45) is 10.1 Å². The third kappa shape index (κ3) is 1.05. The van der Waals surface area contributed by atoms with E-state index in [4.69, 9.17) is 10.2 Å². The van der Waals surface area contributed by atoms with Gasteiger partial charge in [-0.2, -0.15) is 0 Å². The first kappa shape index (κ1) is 8.28.